The fraction of sp³-hybridized carbons (Fsp3) is 0.400. The quantitative estimate of drug-likeness (QED) is 0.163. The number of nitroso groups, excluding NO2 is 1. The zero-order chi connectivity index (χ0) is 18.5. The van der Waals surface area contributed by atoms with Crippen LogP contribution in [0.4, 0.5) is 5.69 Å². The first-order valence-corrected chi connectivity index (χ1v) is 7.30. The Labute approximate surface area is 144 Å². The van der Waals surface area contributed by atoms with Crippen LogP contribution in [0.1, 0.15) is 5.56 Å². The van der Waals surface area contributed by atoms with Crippen LogP contribution in [0, 0.1) is 4.91 Å². The summed E-state index contributed by atoms with van der Waals surface area (Å²) in [5.74, 6) is 0.194. The van der Waals surface area contributed by atoms with Gasteiger partial charge in [-0.1, -0.05) is 5.11 Å². The Kier molecular flexibility index (Phi) is 9.13. The summed E-state index contributed by atoms with van der Waals surface area (Å²) in [6.07, 6.45) is 2.89. The summed E-state index contributed by atoms with van der Waals surface area (Å²) in [6, 6.07) is 3.14. The van der Waals surface area contributed by atoms with Gasteiger partial charge >= 0.3 is 0 Å². The third kappa shape index (κ3) is 6.90. The molecule has 0 bridgehead atoms. The molecule has 1 N–H and O–H groups in total. The Morgan fingerprint density at radius 2 is 1.96 bits per heavy atom. The van der Waals surface area contributed by atoms with Gasteiger partial charge in [-0.2, -0.15) is 0 Å². The second-order valence-electron chi connectivity index (χ2n) is 4.56. The molecule has 1 rings (SSSR count). The molecule has 0 radical (unpaired) electrons. The Balaban J connectivity index is 2.55. The maximum atomic E-state index is 11.7. The number of carbonyl (C=O) groups is 1. The van der Waals surface area contributed by atoms with Crippen molar-refractivity contribution in [3.63, 3.8) is 0 Å². The summed E-state index contributed by atoms with van der Waals surface area (Å²) in [6.45, 7) is 1.17. The van der Waals surface area contributed by atoms with E-state index in [1.54, 1.807) is 18.2 Å². The van der Waals surface area contributed by atoms with Crippen molar-refractivity contribution in [1.82, 2.24) is 5.32 Å². The van der Waals surface area contributed by atoms with Crippen molar-refractivity contribution < 1.29 is 19.0 Å². The van der Waals surface area contributed by atoms with Gasteiger partial charge in [0.25, 0.3) is 0 Å². The third-order valence-corrected chi connectivity index (χ3v) is 2.97. The molecule has 1 amide bonds. The molecule has 0 heterocycles. The Morgan fingerprint density at radius 3 is 2.52 bits per heavy atom. The van der Waals surface area contributed by atoms with E-state index in [4.69, 9.17) is 19.7 Å². The van der Waals surface area contributed by atoms with E-state index in [0.29, 0.717) is 25.3 Å². The molecule has 0 spiro atoms. The van der Waals surface area contributed by atoms with E-state index in [-0.39, 0.29) is 29.6 Å². The van der Waals surface area contributed by atoms with Crippen LogP contribution in [-0.2, 0) is 9.53 Å². The van der Waals surface area contributed by atoms with Crippen LogP contribution in [0.3, 0.4) is 0 Å². The lowest BCUT2D eigenvalue weighted by molar-refractivity contribution is -0.116. The third-order valence-electron chi connectivity index (χ3n) is 2.97. The number of benzene rings is 1. The lowest BCUT2D eigenvalue weighted by Crippen LogP contribution is -2.25. The molecule has 0 aliphatic rings. The second-order valence-corrected chi connectivity index (χ2v) is 4.56. The van der Waals surface area contributed by atoms with E-state index in [1.807, 2.05) is 0 Å². The largest absolute Gasteiger partial charge is 0.494 e. The van der Waals surface area contributed by atoms with Crippen LogP contribution in [0.5, 0.6) is 11.5 Å². The number of azide groups is 1. The van der Waals surface area contributed by atoms with Crippen LogP contribution in [0.15, 0.2) is 28.5 Å². The first kappa shape index (κ1) is 19.9. The molecule has 1 aromatic rings. The van der Waals surface area contributed by atoms with Gasteiger partial charge in [0.1, 0.15) is 0 Å². The molecule has 0 saturated heterocycles. The fourth-order valence-corrected chi connectivity index (χ4v) is 1.83. The zero-order valence-electron chi connectivity index (χ0n) is 14.0. The highest BCUT2D eigenvalue weighted by Gasteiger charge is 2.12. The molecule has 0 fully saturated rings. The predicted octanol–water partition coefficient (Wildman–Crippen LogP) is 2.56. The first-order chi connectivity index (χ1) is 12.2. The summed E-state index contributed by atoms with van der Waals surface area (Å²) in [5, 5.41) is 8.84. The van der Waals surface area contributed by atoms with E-state index in [1.165, 1.54) is 20.3 Å². The van der Waals surface area contributed by atoms with Crippen LogP contribution in [-0.4, -0.2) is 46.4 Å². The smallest absolute Gasteiger partial charge is 0.244 e. The highest BCUT2D eigenvalue weighted by molar-refractivity contribution is 5.92. The summed E-state index contributed by atoms with van der Waals surface area (Å²) in [7, 11) is 2.82. The molecule has 0 unspecified atom stereocenters. The van der Waals surface area contributed by atoms with Crippen LogP contribution < -0.4 is 14.8 Å². The predicted molar refractivity (Wildman–Crippen MR) is 91.9 cm³/mol. The molecule has 0 aliphatic heterocycles. The topological polar surface area (TPSA) is 135 Å². The Morgan fingerprint density at radius 1 is 1.28 bits per heavy atom. The maximum Gasteiger partial charge on any atom is 0.244 e. The van der Waals surface area contributed by atoms with E-state index < -0.39 is 0 Å². The van der Waals surface area contributed by atoms with Gasteiger partial charge in [-0.15, -0.1) is 4.91 Å². The van der Waals surface area contributed by atoms with Crippen molar-refractivity contribution >= 4 is 17.7 Å². The zero-order valence-corrected chi connectivity index (χ0v) is 14.0. The summed E-state index contributed by atoms with van der Waals surface area (Å²) in [4.78, 5) is 25.2. The maximum absolute atomic E-state index is 11.7. The molecular formula is C15H19N5O5. The molecule has 0 saturated carbocycles. The first-order valence-electron chi connectivity index (χ1n) is 7.30. The van der Waals surface area contributed by atoms with Crippen molar-refractivity contribution in [1.29, 1.82) is 0 Å². The summed E-state index contributed by atoms with van der Waals surface area (Å²) < 4.78 is 15.3. The average Bonchev–Trinajstić information content (AvgIpc) is 2.64. The monoisotopic (exact) mass is 349 g/mol. The van der Waals surface area contributed by atoms with Gasteiger partial charge in [0, 0.05) is 24.1 Å². The van der Waals surface area contributed by atoms with Crippen molar-refractivity contribution in [2.75, 3.05) is 40.5 Å². The van der Waals surface area contributed by atoms with Crippen LogP contribution in [0.2, 0.25) is 0 Å². The number of methoxy groups -OCH3 is 2. The minimum Gasteiger partial charge on any atom is -0.494 e. The number of ether oxygens (including phenoxy) is 3. The molecule has 1 aromatic carbocycles. The molecule has 0 aliphatic carbocycles. The molecule has 10 heteroatoms. The van der Waals surface area contributed by atoms with Crippen LogP contribution >= 0.6 is 0 Å². The van der Waals surface area contributed by atoms with E-state index >= 15 is 0 Å². The van der Waals surface area contributed by atoms with Gasteiger partial charge in [0.15, 0.2) is 17.2 Å². The van der Waals surface area contributed by atoms with E-state index in [9.17, 15) is 9.70 Å². The summed E-state index contributed by atoms with van der Waals surface area (Å²) in [5.41, 5.74) is 8.76. The number of carbonyl (C=O) groups excluding carboxylic acids is 1. The van der Waals surface area contributed by atoms with E-state index in [2.05, 4.69) is 20.5 Å². The Bertz CT molecular complexity index is 645. The minimum atomic E-state index is -0.311. The average molecular weight is 349 g/mol. The van der Waals surface area contributed by atoms with Gasteiger partial charge in [-0.05, 0) is 34.5 Å². The van der Waals surface area contributed by atoms with Gasteiger partial charge in [-0.25, -0.2) is 0 Å². The molecular weight excluding hydrogens is 330 g/mol. The fourth-order valence-electron chi connectivity index (χ4n) is 1.83. The molecule has 0 atom stereocenters. The van der Waals surface area contributed by atoms with Crippen molar-refractivity contribution in [3.8, 4) is 11.5 Å². The molecule has 10 nitrogen and oxygen atoms in total. The van der Waals surface area contributed by atoms with Crippen molar-refractivity contribution in [2.24, 2.45) is 10.3 Å². The van der Waals surface area contributed by atoms with Crippen molar-refractivity contribution in [2.45, 2.75) is 0 Å². The molecule has 25 heavy (non-hydrogen) atoms. The summed E-state index contributed by atoms with van der Waals surface area (Å²) >= 11 is 0. The SMILES string of the molecule is COc1cc(/C=C/C(=O)NCCOCCN=[N+]=[N-])cc(OC)c1N=O. The minimum absolute atomic E-state index is 0.0597. The highest BCUT2D eigenvalue weighted by atomic mass is 16.5. The number of amides is 1. The number of hydrogen-bond acceptors (Lipinski definition) is 7. The van der Waals surface area contributed by atoms with Gasteiger partial charge in [-0.3, -0.25) is 4.79 Å². The number of rotatable bonds is 11. The van der Waals surface area contributed by atoms with Gasteiger partial charge < -0.3 is 19.5 Å². The van der Waals surface area contributed by atoms with Crippen LogP contribution in [0.25, 0.3) is 16.5 Å². The molecule has 0 aromatic heterocycles. The lowest BCUT2D eigenvalue weighted by atomic mass is 10.1. The van der Waals surface area contributed by atoms with E-state index in [0.717, 1.165) is 0 Å². The molecule has 134 valence electrons. The normalized spacial score (nSPS) is 10.2. The number of nitrogens with one attached hydrogen (secondary N) is 1. The standard InChI is InChI=1S/C15H19N5O5/c1-23-12-9-11(10-13(24-2)15(12)19-22)3-4-14(21)17-5-7-25-8-6-18-20-16/h3-4,9-10H,5-8H2,1-2H3,(H,17,21)/b4-3+. The Hall–Kier alpha value is -3.10. The number of nitrogens with zero attached hydrogens (tertiary/aromatic N) is 4. The second kappa shape index (κ2) is 11.4. The van der Waals surface area contributed by atoms with Gasteiger partial charge in [0.2, 0.25) is 5.91 Å². The number of hydrogen-bond donors (Lipinski definition) is 1. The highest BCUT2D eigenvalue weighted by Crippen LogP contribution is 2.38. The van der Waals surface area contributed by atoms with Gasteiger partial charge in [0.05, 0.1) is 27.4 Å². The lowest BCUT2D eigenvalue weighted by Gasteiger charge is -2.09. The van der Waals surface area contributed by atoms with Crippen molar-refractivity contribution in [3.05, 3.63) is 39.1 Å².